The molecule has 3 heteroatoms. The van der Waals surface area contributed by atoms with Crippen molar-refractivity contribution in [3.05, 3.63) is 100 Å². The molecule has 0 unspecified atom stereocenters. The second-order valence-electron chi connectivity index (χ2n) is 6.27. The first-order chi connectivity index (χ1) is 12.1. The van der Waals surface area contributed by atoms with E-state index < -0.39 is 0 Å². The van der Waals surface area contributed by atoms with Crippen molar-refractivity contribution in [1.29, 1.82) is 0 Å². The molecule has 122 valence electrons. The van der Waals surface area contributed by atoms with Crippen LogP contribution in [-0.4, -0.2) is 11.6 Å². The minimum atomic E-state index is -0.0998. The molecule has 0 saturated carbocycles. The van der Waals surface area contributed by atoms with Crippen molar-refractivity contribution in [3.8, 4) is 0 Å². The van der Waals surface area contributed by atoms with Crippen LogP contribution in [0, 0.1) is 6.92 Å². The van der Waals surface area contributed by atoms with E-state index in [4.69, 9.17) is 0 Å². The van der Waals surface area contributed by atoms with Crippen molar-refractivity contribution in [2.45, 2.75) is 13.5 Å². The fourth-order valence-corrected chi connectivity index (χ4v) is 3.20. The van der Waals surface area contributed by atoms with Crippen LogP contribution in [0.4, 0.5) is 5.69 Å². The third-order valence-corrected chi connectivity index (χ3v) is 4.56. The van der Waals surface area contributed by atoms with Crippen molar-refractivity contribution in [3.63, 3.8) is 0 Å². The van der Waals surface area contributed by atoms with E-state index in [0.29, 0.717) is 34.5 Å². The van der Waals surface area contributed by atoms with E-state index in [1.165, 1.54) is 5.56 Å². The monoisotopic (exact) mass is 327 g/mol. The van der Waals surface area contributed by atoms with Crippen LogP contribution >= 0.6 is 0 Å². The molecule has 4 rings (SSSR count). The Morgan fingerprint density at radius 1 is 0.720 bits per heavy atom. The second-order valence-corrected chi connectivity index (χ2v) is 6.27. The molecule has 0 heterocycles. The molecule has 1 aliphatic carbocycles. The van der Waals surface area contributed by atoms with Crippen molar-refractivity contribution >= 4 is 17.3 Å². The van der Waals surface area contributed by atoms with Crippen LogP contribution in [0.15, 0.2) is 66.7 Å². The summed E-state index contributed by atoms with van der Waals surface area (Å²) in [6.45, 7) is 2.65. The Balaban J connectivity index is 1.71. The van der Waals surface area contributed by atoms with Crippen LogP contribution in [0.5, 0.6) is 0 Å². The molecule has 3 nitrogen and oxygen atoms in total. The van der Waals surface area contributed by atoms with Crippen molar-refractivity contribution in [1.82, 2.24) is 0 Å². The van der Waals surface area contributed by atoms with Gasteiger partial charge in [-0.05, 0) is 18.6 Å². The quantitative estimate of drug-likeness (QED) is 0.607. The molecule has 0 amide bonds. The highest BCUT2D eigenvalue weighted by Crippen LogP contribution is 2.32. The Hall–Kier alpha value is -3.20. The molecule has 25 heavy (non-hydrogen) atoms. The molecule has 3 aromatic rings. The predicted molar refractivity (Wildman–Crippen MR) is 98.3 cm³/mol. The van der Waals surface area contributed by atoms with E-state index in [0.717, 1.165) is 5.56 Å². The molecule has 0 spiro atoms. The zero-order chi connectivity index (χ0) is 17.4. The molecular weight excluding hydrogens is 310 g/mol. The molecule has 0 fully saturated rings. The van der Waals surface area contributed by atoms with Gasteiger partial charge in [-0.3, -0.25) is 9.59 Å². The van der Waals surface area contributed by atoms with Gasteiger partial charge >= 0.3 is 0 Å². The summed E-state index contributed by atoms with van der Waals surface area (Å²) in [5.41, 5.74) is 4.93. The molecule has 1 N–H and O–H groups in total. The third-order valence-electron chi connectivity index (χ3n) is 4.56. The largest absolute Gasteiger partial charge is 0.380 e. The minimum Gasteiger partial charge on any atom is -0.380 e. The van der Waals surface area contributed by atoms with Crippen LogP contribution in [0.25, 0.3) is 0 Å². The van der Waals surface area contributed by atoms with Crippen LogP contribution < -0.4 is 5.32 Å². The fraction of sp³-hybridized carbons (Fsp3) is 0.0909. The van der Waals surface area contributed by atoms with Gasteiger partial charge in [-0.15, -0.1) is 0 Å². The lowest BCUT2D eigenvalue weighted by Gasteiger charge is -2.20. The summed E-state index contributed by atoms with van der Waals surface area (Å²) in [6, 6.07) is 20.6. The first-order valence-corrected chi connectivity index (χ1v) is 8.26. The van der Waals surface area contributed by atoms with Crippen molar-refractivity contribution in [2.75, 3.05) is 5.32 Å². The van der Waals surface area contributed by atoms with Gasteiger partial charge in [-0.2, -0.15) is 0 Å². The molecule has 0 aromatic heterocycles. The van der Waals surface area contributed by atoms with Crippen LogP contribution in [0.2, 0.25) is 0 Å². The predicted octanol–water partition coefficient (Wildman–Crippen LogP) is 4.38. The molecular formula is C22H17NO2. The Kier molecular flexibility index (Phi) is 3.69. The van der Waals surface area contributed by atoms with E-state index in [9.17, 15) is 9.59 Å². The van der Waals surface area contributed by atoms with Gasteiger partial charge in [-0.25, -0.2) is 0 Å². The Labute approximate surface area is 146 Å². The lowest BCUT2D eigenvalue weighted by atomic mass is 9.83. The number of benzene rings is 3. The van der Waals surface area contributed by atoms with Gasteiger partial charge < -0.3 is 5.32 Å². The van der Waals surface area contributed by atoms with E-state index >= 15 is 0 Å². The first kappa shape index (κ1) is 15.3. The van der Waals surface area contributed by atoms with Gasteiger partial charge in [0.1, 0.15) is 0 Å². The number of anilines is 1. The Morgan fingerprint density at radius 3 is 2.08 bits per heavy atom. The highest BCUT2D eigenvalue weighted by atomic mass is 16.1. The van der Waals surface area contributed by atoms with E-state index in [-0.39, 0.29) is 11.6 Å². The number of aryl methyl sites for hydroxylation is 1. The van der Waals surface area contributed by atoms with Gasteiger partial charge in [-0.1, -0.05) is 66.2 Å². The lowest BCUT2D eigenvalue weighted by molar-refractivity contribution is 0.0979. The lowest BCUT2D eigenvalue weighted by Crippen LogP contribution is -2.22. The maximum Gasteiger partial charge on any atom is 0.196 e. The van der Waals surface area contributed by atoms with Crippen LogP contribution in [0.1, 0.15) is 43.0 Å². The zero-order valence-electron chi connectivity index (χ0n) is 13.9. The summed E-state index contributed by atoms with van der Waals surface area (Å²) < 4.78 is 0. The number of carbonyl (C=O) groups is 2. The smallest absolute Gasteiger partial charge is 0.196 e. The summed E-state index contributed by atoms with van der Waals surface area (Å²) in [6.07, 6.45) is 0. The zero-order valence-corrected chi connectivity index (χ0v) is 13.9. The highest BCUT2D eigenvalue weighted by molar-refractivity contribution is 6.30. The number of nitrogens with one attached hydrogen (secondary N) is 1. The standard InChI is InChI=1S/C22H17NO2/c1-14-9-11-15(12-10-14)13-23-19-8-4-7-18-20(19)22(25)17-6-3-2-5-16(17)21(18)24/h2-12,23H,13H2,1H3. The maximum atomic E-state index is 12.9. The molecule has 0 bridgehead atoms. The van der Waals surface area contributed by atoms with E-state index in [2.05, 4.69) is 29.6 Å². The van der Waals surface area contributed by atoms with Gasteiger partial charge in [0.15, 0.2) is 11.6 Å². The Bertz CT molecular complexity index is 987. The minimum absolute atomic E-state index is 0.0933. The van der Waals surface area contributed by atoms with Gasteiger partial charge in [0.2, 0.25) is 0 Å². The average molecular weight is 327 g/mol. The topological polar surface area (TPSA) is 46.2 Å². The van der Waals surface area contributed by atoms with Gasteiger partial charge in [0, 0.05) is 28.9 Å². The molecule has 3 aromatic carbocycles. The maximum absolute atomic E-state index is 12.9. The summed E-state index contributed by atoms with van der Waals surface area (Å²) >= 11 is 0. The highest BCUT2D eigenvalue weighted by Gasteiger charge is 2.31. The Morgan fingerprint density at radius 2 is 1.36 bits per heavy atom. The molecule has 0 saturated heterocycles. The summed E-state index contributed by atoms with van der Waals surface area (Å²) in [5.74, 6) is -0.193. The van der Waals surface area contributed by atoms with E-state index in [1.807, 2.05) is 19.1 Å². The average Bonchev–Trinajstić information content (AvgIpc) is 2.65. The van der Waals surface area contributed by atoms with Crippen molar-refractivity contribution in [2.24, 2.45) is 0 Å². The third kappa shape index (κ3) is 2.64. The van der Waals surface area contributed by atoms with Gasteiger partial charge in [0.05, 0.1) is 5.56 Å². The molecule has 0 radical (unpaired) electrons. The first-order valence-electron chi connectivity index (χ1n) is 8.26. The normalized spacial score (nSPS) is 12.5. The molecule has 0 atom stereocenters. The van der Waals surface area contributed by atoms with Crippen LogP contribution in [-0.2, 0) is 6.54 Å². The summed E-state index contributed by atoms with van der Waals surface area (Å²) in [5, 5.41) is 3.32. The number of ketones is 2. The summed E-state index contributed by atoms with van der Waals surface area (Å²) in [4.78, 5) is 25.7. The number of hydrogen-bond acceptors (Lipinski definition) is 3. The number of rotatable bonds is 3. The molecule has 0 aliphatic heterocycles. The SMILES string of the molecule is Cc1ccc(CNc2cccc3c2C(=O)c2ccccc2C3=O)cc1. The summed E-state index contributed by atoms with van der Waals surface area (Å²) in [7, 11) is 0. The molecule has 1 aliphatic rings. The number of hydrogen-bond donors (Lipinski definition) is 1. The van der Waals surface area contributed by atoms with Gasteiger partial charge in [0.25, 0.3) is 0 Å². The van der Waals surface area contributed by atoms with E-state index in [1.54, 1.807) is 30.3 Å². The van der Waals surface area contributed by atoms with Crippen LogP contribution in [0.3, 0.4) is 0 Å². The number of fused-ring (bicyclic) bond motifs is 2. The fourth-order valence-electron chi connectivity index (χ4n) is 3.20. The second kappa shape index (κ2) is 6.02. The number of carbonyl (C=O) groups excluding carboxylic acids is 2. The van der Waals surface area contributed by atoms with Crippen molar-refractivity contribution < 1.29 is 9.59 Å².